The largest absolute Gasteiger partial charge is 0.379 e. The second kappa shape index (κ2) is 6.81. The van der Waals surface area contributed by atoms with E-state index in [0.29, 0.717) is 6.04 Å². The number of rotatable bonds is 3. The van der Waals surface area contributed by atoms with Gasteiger partial charge in [-0.25, -0.2) is 0 Å². The number of hydrogen-bond acceptors (Lipinski definition) is 5. The van der Waals surface area contributed by atoms with E-state index in [1.165, 1.54) is 42.1 Å². The Morgan fingerprint density at radius 1 is 1.17 bits per heavy atom. The van der Waals surface area contributed by atoms with Crippen molar-refractivity contribution in [1.82, 2.24) is 9.80 Å². The van der Waals surface area contributed by atoms with E-state index in [1.54, 1.807) is 0 Å². The van der Waals surface area contributed by atoms with E-state index in [4.69, 9.17) is 9.47 Å². The summed E-state index contributed by atoms with van der Waals surface area (Å²) in [5.74, 6) is 0. The molecular formula is C18H28N2O2S. The number of nitrogens with zero attached hydrogens (tertiary/aromatic N) is 2. The lowest BCUT2D eigenvalue weighted by Crippen LogP contribution is -2.46. The average molecular weight is 337 g/mol. The Kier molecular flexibility index (Phi) is 4.74. The van der Waals surface area contributed by atoms with Crippen molar-refractivity contribution < 1.29 is 9.47 Å². The summed E-state index contributed by atoms with van der Waals surface area (Å²) < 4.78 is 11.8. The van der Waals surface area contributed by atoms with E-state index >= 15 is 0 Å². The molecule has 1 atom stereocenters. The third kappa shape index (κ3) is 3.64. The molecule has 3 saturated heterocycles. The summed E-state index contributed by atoms with van der Waals surface area (Å²) in [6.45, 7) is 10.5. The number of thiophene rings is 1. The Labute approximate surface area is 143 Å². The van der Waals surface area contributed by atoms with Crippen molar-refractivity contribution in [3.8, 4) is 0 Å². The van der Waals surface area contributed by atoms with Crippen molar-refractivity contribution in [2.45, 2.75) is 44.4 Å². The molecule has 0 unspecified atom stereocenters. The van der Waals surface area contributed by atoms with E-state index in [9.17, 15) is 0 Å². The molecule has 3 fully saturated rings. The molecule has 23 heavy (non-hydrogen) atoms. The summed E-state index contributed by atoms with van der Waals surface area (Å²) in [4.78, 5) is 8.10. The molecule has 0 N–H and O–H groups in total. The van der Waals surface area contributed by atoms with Crippen LogP contribution in [0.25, 0.3) is 0 Å². The molecule has 0 radical (unpaired) electrons. The minimum absolute atomic E-state index is 0.158. The molecule has 5 heteroatoms. The Morgan fingerprint density at radius 2 is 1.96 bits per heavy atom. The van der Waals surface area contributed by atoms with Crippen molar-refractivity contribution in [1.29, 1.82) is 0 Å². The minimum atomic E-state index is 0.158. The van der Waals surface area contributed by atoms with Gasteiger partial charge in [0.2, 0.25) is 0 Å². The van der Waals surface area contributed by atoms with E-state index < -0.39 is 0 Å². The van der Waals surface area contributed by atoms with Crippen molar-refractivity contribution in [2.24, 2.45) is 0 Å². The number of ether oxygens (including phenoxy) is 2. The summed E-state index contributed by atoms with van der Waals surface area (Å²) in [5, 5.41) is 0. The van der Waals surface area contributed by atoms with Crippen LogP contribution < -0.4 is 0 Å². The van der Waals surface area contributed by atoms with Gasteiger partial charge in [0.05, 0.1) is 25.4 Å². The van der Waals surface area contributed by atoms with Gasteiger partial charge < -0.3 is 9.47 Å². The smallest absolute Gasteiger partial charge is 0.0723 e. The number of morpholine rings is 1. The quantitative estimate of drug-likeness (QED) is 0.847. The third-order valence-electron chi connectivity index (χ3n) is 5.69. The van der Waals surface area contributed by atoms with Crippen LogP contribution in [0.2, 0.25) is 0 Å². The SMILES string of the molecule is Cc1ccc(CN2CCC3(CC2)C[C@H](N2CCOCC2)CO3)s1. The molecule has 4 nitrogen and oxygen atoms in total. The molecule has 0 aromatic carbocycles. The molecule has 1 aromatic heterocycles. The Balaban J connectivity index is 1.29. The average Bonchev–Trinajstić information content (AvgIpc) is 3.18. The van der Waals surface area contributed by atoms with Crippen LogP contribution in [-0.4, -0.2) is 67.4 Å². The van der Waals surface area contributed by atoms with Crippen molar-refractivity contribution in [3.05, 3.63) is 21.9 Å². The van der Waals surface area contributed by atoms with Crippen LogP contribution in [0, 0.1) is 6.92 Å². The zero-order valence-electron chi connectivity index (χ0n) is 14.1. The minimum Gasteiger partial charge on any atom is -0.379 e. The van der Waals surface area contributed by atoms with Gasteiger partial charge in [0, 0.05) is 48.5 Å². The van der Waals surface area contributed by atoms with E-state index in [2.05, 4.69) is 28.9 Å². The maximum atomic E-state index is 6.34. The van der Waals surface area contributed by atoms with Crippen LogP contribution in [0.1, 0.15) is 29.0 Å². The summed E-state index contributed by atoms with van der Waals surface area (Å²) in [7, 11) is 0. The van der Waals surface area contributed by atoms with Gasteiger partial charge in [-0.3, -0.25) is 9.80 Å². The maximum absolute atomic E-state index is 6.34. The molecule has 1 spiro atoms. The first-order chi connectivity index (χ1) is 11.2. The number of aryl methyl sites for hydroxylation is 1. The molecule has 4 heterocycles. The Hall–Kier alpha value is -0.460. The highest BCUT2D eigenvalue weighted by atomic mass is 32.1. The number of hydrogen-bond donors (Lipinski definition) is 0. The van der Waals surface area contributed by atoms with Gasteiger partial charge in [-0.05, 0) is 38.3 Å². The van der Waals surface area contributed by atoms with E-state index in [0.717, 1.165) is 39.5 Å². The second-order valence-electron chi connectivity index (χ2n) is 7.29. The number of piperidine rings is 1. The van der Waals surface area contributed by atoms with Crippen LogP contribution in [0.15, 0.2) is 12.1 Å². The van der Waals surface area contributed by atoms with E-state index in [1.807, 2.05) is 11.3 Å². The molecule has 0 amide bonds. The van der Waals surface area contributed by atoms with Gasteiger partial charge in [-0.2, -0.15) is 0 Å². The molecule has 3 aliphatic heterocycles. The standard InChI is InChI=1S/C18H28N2O2S/c1-15-2-3-17(23-15)13-19-6-4-18(5-7-19)12-16(14-22-18)20-8-10-21-11-9-20/h2-3,16H,4-14H2,1H3/t16-/m0/s1. The van der Waals surface area contributed by atoms with Crippen molar-refractivity contribution in [3.63, 3.8) is 0 Å². The zero-order valence-corrected chi connectivity index (χ0v) is 14.9. The topological polar surface area (TPSA) is 24.9 Å². The van der Waals surface area contributed by atoms with Crippen LogP contribution in [0.3, 0.4) is 0 Å². The van der Waals surface area contributed by atoms with Gasteiger partial charge in [0.25, 0.3) is 0 Å². The number of likely N-dealkylation sites (tertiary alicyclic amines) is 1. The highest BCUT2D eigenvalue weighted by molar-refractivity contribution is 7.11. The highest BCUT2D eigenvalue weighted by Crippen LogP contribution is 2.38. The van der Waals surface area contributed by atoms with E-state index in [-0.39, 0.29) is 5.60 Å². The molecule has 0 bridgehead atoms. The van der Waals surface area contributed by atoms with Gasteiger partial charge in [0.1, 0.15) is 0 Å². The summed E-state index contributed by atoms with van der Waals surface area (Å²) >= 11 is 1.93. The van der Waals surface area contributed by atoms with Gasteiger partial charge in [0.15, 0.2) is 0 Å². The Morgan fingerprint density at radius 3 is 2.65 bits per heavy atom. The first kappa shape index (κ1) is 16.0. The molecule has 0 saturated carbocycles. The Bertz CT molecular complexity index is 519. The van der Waals surface area contributed by atoms with Crippen LogP contribution in [0.5, 0.6) is 0 Å². The molecular weight excluding hydrogens is 308 g/mol. The summed E-state index contributed by atoms with van der Waals surface area (Å²) in [6, 6.07) is 5.13. The fourth-order valence-corrected chi connectivity index (χ4v) is 5.19. The zero-order chi connectivity index (χ0) is 15.7. The first-order valence-corrected chi connectivity index (χ1v) is 9.78. The third-order valence-corrected chi connectivity index (χ3v) is 6.68. The lowest BCUT2D eigenvalue weighted by molar-refractivity contribution is -0.0457. The lowest BCUT2D eigenvalue weighted by Gasteiger charge is -2.39. The molecule has 4 rings (SSSR count). The fraction of sp³-hybridized carbons (Fsp3) is 0.778. The molecule has 3 aliphatic rings. The van der Waals surface area contributed by atoms with Gasteiger partial charge in [-0.1, -0.05) is 0 Å². The van der Waals surface area contributed by atoms with Gasteiger partial charge >= 0.3 is 0 Å². The van der Waals surface area contributed by atoms with Crippen molar-refractivity contribution >= 4 is 11.3 Å². The van der Waals surface area contributed by atoms with Gasteiger partial charge in [-0.15, -0.1) is 11.3 Å². The maximum Gasteiger partial charge on any atom is 0.0723 e. The monoisotopic (exact) mass is 336 g/mol. The lowest BCUT2D eigenvalue weighted by atomic mass is 9.87. The van der Waals surface area contributed by atoms with Crippen molar-refractivity contribution in [2.75, 3.05) is 46.0 Å². The molecule has 0 aliphatic carbocycles. The van der Waals surface area contributed by atoms with Crippen LogP contribution in [0.4, 0.5) is 0 Å². The summed E-state index contributed by atoms with van der Waals surface area (Å²) in [6.07, 6.45) is 3.61. The molecule has 1 aromatic rings. The predicted octanol–water partition coefficient (Wildman–Crippen LogP) is 2.51. The summed E-state index contributed by atoms with van der Waals surface area (Å²) in [5.41, 5.74) is 0.158. The highest BCUT2D eigenvalue weighted by Gasteiger charge is 2.44. The van der Waals surface area contributed by atoms with Crippen LogP contribution in [-0.2, 0) is 16.0 Å². The second-order valence-corrected chi connectivity index (χ2v) is 8.66. The normalized spacial score (nSPS) is 29.3. The predicted molar refractivity (Wildman–Crippen MR) is 93.0 cm³/mol. The first-order valence-electron chi connectivity index (χ1n) is 8.96. The fourth-order valence-electron chi connectivity index (χ4n) is 4.25. The molecule has 128 valence electrons. The van der Waals surface area contributed by atoms with Crippen LogP contribution >= 0.6 is 11.3 Å².